The summed E-state index contributed by atoms with van der Waals surface area (Å²) in [5, 5.41) is 16.4. The number of nitro benzene ring substituents is 1. The molecule has 3 aromatic carbocycles. The molecule has 204 valence electrons. The van der Waals surface area contributed by atoms with Crippen LogP contribution in [0.25, 0.3) is 0 Å². The molecule has 0 atom stereocenters. The molecule has 14 heteroatoms. The van der Waals surface area contributed by atoms with Gasteiger partial charge >= 0.3 is 0 Å². The van der Waals surface area contributed by atoms with Gasteiger partial charge in [-0.1, -0.05) is 6.07 Å². The number of nitrogens with one attached hydrogen (secondary N) is 2. The zero-order chi connectivity index (χ0) is 28.4. The number of carbonyl (C=O) groups excluding carboxylic acids is 1. The summed E-state index contributed by atoms with van der Waals surface area (Å²) in [5.74, 6) is -10.5. The van der Waals surface area contributed by atoms with E-state index in [0.29, 0.717) is 11.3 Å². The molecule has 1 saturated heterocycles. The lowest BCUT2D eigenvalue weighted by molar-refractivity contribution is -0.385. The highest BCUT2D eigenvalue weighted by molar-refractivity contribution is 7.80. The zero-order valence-corrected chi connectivity index (χ0v) is 21.1. The molecule has 0 saturated carbocycles. The Balaban J connectivity index is 1.35. The number of piperazine rings is 1. The lowest BCUT2D eigenvalue weighted by Crippen LogP contribution is -2.47. The monoisotopic (exact) mass is 565 g/mol. The Bertz CT molecular complexity index is 1430. The highest BCUT2D eigenvalue weighted by atomic mass is 32.1. The topological polar surface area (TPSA) is 90.8 Å². The van der Waals surface area contributed by atoms with Crippen molar-refractivity contribution >= 4 is 46.0 Å². The summed E-state index contributed by atoms with van der Waals surface area (Å²) in [7, 11) is 0. The Hall–Kier alpha value is -4.33. The first kappa shape index (κ1) is 27.7. The van der Waals surface area contributed by atoms with Gasteiger partial charge in [-0.15, -0.1) is 0 Å². The van der Waals surface area contributed by atoms with Gasteiger partial charge in [0.05, 0.1) is 4.92 Å². The molecule has 1 heterocycles. The molecule has 3 aromatic rings. The Morgan fingerprint density at radius 3 is 1.97 bits per heavy atom. The second-order valence-electron chi connectivity index (χ2n) is 8.61. The predicted molar refractivity (Wildman–Crippen MR) is 139 cm³/mol. The Morgan fingerprint density at radius 2 is 1.41 bits per heavy atom. The highest BCUT2D eigenvalue weighted by Gasteiger charge is 2.30. The fourth-order valence-corrected chi connectivity index (χ4v) is 4.31. The van der Waals surface area contributed by atoms with Crippen molar-refractivity contribution in [2.75, 3.05) is 41.3 Å². The van der Waals surface area contributed by atoms with Gasteiger partial charge in [0, 0.05) is 54.7 Å². The standard InChI is InChI=1S/C25H20F5N5O3S/c1-13-2-3-14(12-17(13)35(37)38)24(36)32-25(39)31-15-4-6-16(7-5-15)33-8-10-34(11-9-33)23-21(29)19(27)18(26)20(28)22(23)30/h2-7,12H,8-11H2,1H3,(H2,31,32,36,39). The molecule has 1 amide bonds. The summed E-state index contributed by atoms with van der Waals surface area (Å²) in [6.45, 7) is 2.10. The number of benzene rings is 3. The number of hydrogen-bond donors (Lipinski definition) is 2. The van der Waals surface area contributed by atoms with Crippen LogP contribution < -0.4 is 20.4 Å². The van der Waals surface area contributed by atoms with Gasteiger partial charge in [-0.2, -0.15) is 0 Å². The maximum Gasteiger partial charge on any atom is 0.273 e. The number of rotatable bonds is 5. The van der Waals surface area contributed by atoms with E-state index in [9.17, 15) is 36.9 Å². The van der Waals surface area contributed by atoms with Crippen LogP contribution in [0.3, 0.4) is 0 Å². The molecule has 2 N–H and O–H groups in total. The van der Waals surface area contributed by atoms with Crippen LogP contribution in [0.4, 0.5) is 44.7 Å². The number of halogens is 5. The molecule has 0 bridgehead atoms. The van der Waals surface area contributed by atoms with E-state index in [1.165, 1.54) is 12.1 Å². The Kier molecular flexibility index (Phi) is 7.95. The van der Waals surface area contributed by atoms with Gasteiger partial charge in [-0.25, -0.2) is 22.0 Å². The second-order valence-corrected chi connectivity index (χ2v) is 9.01. The van der Waals surface area contributed by atoms with E-state index < -0.39 is 45.6 Å². The molecular formula is C25H20F5N5O3S. The number of aryl methyl sites for hydroxylation is 1. The average Bonchev–Trinajstić information content (AvgIpc) is 2.91. The van der Waals surface area contributed by atoms with Gasteiger partial charge in [-0.05, 0) is 49.5 Å². The van der Waals surface area contributed by atoms with Crippen molar-refractivity contribution in [3.05, 3.63) is 92.8 Å². The maximum atomic E-state index is 14.2. The second kappa shape index (κ2) is 11.2. The molecular weight excluding hydrogens is 545 g/mol. The van der Waals surface area contributed by atoms with Gasteiger partial charge in [0.1, 0.15) is 5.69 Å². The SMILES string of the molecule is Cc1ccc(C(=O)NC(=S)Nc2ccc(N3CCN(c4c(F)c(F)c(F)c(F)c4F)CC3)cc2)cc1[N+](=O)[O-]. The van der Waals surface area contributed by atoms with Crippen molar-refractivity contribution in [1.82, 2.24) is 5.32 Å². The fourth-order valence-electron chi connectivity index (χ4n) is 4.10. The van der Waals surface area contributed by atoms with Crippen LogP contribution in [0.15, 0.2) is 42.5 Å². The third-order valence-corrected chi connectivity index (χ3v) is 6.37. The molecule has 0 radical (unpaired) electrons. The first-order valence-electron chi connectivity index (χ1n) is 11.5. The summed E-state index contributed by atoms with van der Waals surface area (Å²) in [5.41, 5.74) is 0.610. The van der Waals surface area contributed by atoms with E-state index in [2.05, 4.69) is 10.6 Å². The van der Waals surface area contributed by atoms with E-state index in [1.807, 2.05) is 4.90 Å². The lowest BCUT2D eigenvalue weighted by atomic mass is 10.1. The van der Waals surface area contributed by atoms with Crippen molar-refractivity contribution in [1.29, 1.82) is 0 Å². The van der Waals surface area contributed by atoms with Gasteiger partial charge in [0.15, 0.2) is 28.4 Å². The molecule has 0 spiro atoms. The average molecular weight is 566 g/mol. The third kappa shape index (κ3) is 5.74. The summed E-state index contributed by atoms with van der Waals surface area (Å²) >= 11 is 5.16. The van der Waals surface area contributed by atoms with Crippen molar-refractivity contribution in [2.24, 2.45) is 0 Å². The quantitative estimate of drug-likeness (QED) is 0.112. The Labute approximate surface area is 224 Å². The van der Waals surface area contributed by atoms with Crippen molar-refractivity contribution in [2.45, 2.75) is 6.92 Å². The summed E-state index contributed by atoms with van der Waals surface area (Å²) in [6.07, 6.45) is 0. The van der Waals surface area contributed by atoms with Gasteiger partial charge in [0.25, 0.3) is 11.6 Å². The molecule has 39 heavy (non-hydrogen) atoms. The summed E-state index contributed by atoms with van der Waals surface area (Å²) in [6, 6.07) is 10.9. The van der Waals surface area contributed by atoms with Crippen LogP contribution in [0.2, 0.25) is 0 Å². The number of thiocarbonyl (C=S) groups is 1. The Morgan fingerprint density at radius 1 is 0.872 bits per heavy atom. The van der Waals surface area contributed by atoms with Gasteiger partial charge in [-0.3, -0.25) is 20.2 Å². The highest BCUT2D eigenvalue weighted by Crippen LogP contribution is 2.31. The number of carbonyl (C=O) groups is 1. The summed E-state index contributed by atoms with van der Waals surface area (Å²) in [4.78, 5) is 26.0. The zero-order valence-electron chi connectivity index (χ0n) is 20.2. The van der Waals surface area contributed by atoms with Crippen LogP contribution in [0, 0.1) is 46.1 Å². The first-order valence-corrected chi connectivity index (χ1v) is 11.9. The van der Waals surface area contributed by atoms with E-state index >= 15 is 0 Å². The van der Waals surface area contributed by atoms with Crippen molar-refractivity contribution in [3.63, 3.8) is 0 Å². The minimum atomic E-state index is -2.20. The first-order chi connectivity index (χ1) is 18.5. The molecule has 0 unspecified atom stereocenters. The van der Waals surface area contributed by atoms with Crippen LogP contribution in [-0.4, -0.2) is 42.1 Å². The normalized spacial score (nSPS) is 13.3. The lowest BCUT2D eigenvalue weighted by Gasteiger charge is -2.37. The molecule has 1 aliphatic heterocycles. The largest absolute Gasteiger partial charge is 0.368 e. The molecule has 8 nitrogen and oxygen atoms in total. The predicted octanol–water partition coefficient (Wildman–Crippen LogP) is 5.05. The van der Waals surface area contributed by atoms with Crippen molar-refractivity contribution < 1.29 is 31.7 Å². The molecule has 1 aliphatic rings. The number of amides is 1. The molecule has 1 fully saturated rings. The van der Waals surface area contributed by atoms with E-state index in [1.54, 1.807) is 31.2 Å². The number of hydrogen-bond acceptors (Lipinski definition) is 6. The van der Waals surface area contributed by atoms with Crippen LogP contribution >= 0.6 is 12.2 Å². The van der Waals surface area contributed by atoms with Crippen molar-refractivity contribution in [3.8, 4) is 0 Å². The smallest absolute Gasteiger partial charge is 0.273 e. The maximum absolute atomic E-state index is 14.2. The van der Waals surface area contributed by atoms with Crippen LogP contribution in [0.5, 0.6) is 0 Å². The third-order valence-electron chi connectivity index (χ3n) is 6.17. The number of anilines is 3. The number of nitrogens with zero attached hydrogens (tertiary/aromatic N) is 3. The minimum absolute atomic E-state index is 0.0195. The number of nitro groups is 1. The fraction of sp³-hybridized carbons (Fsp3) is 0.200. The van der Waals surface area contributed by atoms with E-state index in [4.69, 9.17) is 12.2 Å². The molecule has 0 aromatic heterocycles. The van der Waals surface area contributed by atoms with Crippen LogP contribution in [-0.2, 0) is 0 Å². The van der Waals surface area contributed by atoms with E-state index in [-0.39, 0.29) is 42.5 Å². The van der Waals surface area contributed by atoms with Crippen LogP contribution in [0.1, 0.15) is 15.9 Å². The summed E-state index contributed by atoms with van der Waals surface area (Å²) < 4.78 is 68.8. The molecule has 4 rings (SSSR count). The van der Waals surface area contributed by atoms with Gasteiger partial charge < -0.3 is 15.1 Å². The van der Waals surface area contributed by atoms with E-state index in [0.717, 1.165) is 16.7 Å². The minimum Gasteiger partial charge on any atom is -0.368 e. The van der Waals surface area contributed by atoms with Gasteiger partial charge in [0.2, 0.25) is 5.82 Å². The molecule has 0 aliphatic carbocycles.